The summed E-state index contributed by atoms with van der Waals surface area (Å²) in [6.45, 7) is 6.88. The predicted octanol–water partition coefficient (Wildman–Crippen LogP) is 1.02. The van der Waals surface area contributed by atoms with Crippen LogP contribution in [0.4, 0.5) is 0 Å². The maximum absolute atomic E-state index is 12.3. The van der Waals surface area contributed by atoms with Crippen molar-refractivity contribution in [2.75, 3.05) is 13.1 Å². The molecule has 0 spiro atoms. The number of nitrogens with zero attached hydrogens (tertiary/aromatic N) is 4. The van der Waals surface area contributed by atoms with Gasteiger partial charge < -0.3 is 10.6 Å². The maximum atomic E-state index is 12.3. The van der Waals surface area contributed by atoms with E-state index in [2.05, 4.69) is 24.2 Å². The lowest BCUT2D eigenvalue weighted by Crippen LogP contribution is -2.35. The molecular weight excluding hydrogens is 254 g/mol. The van der Waals surface area contributed by atoms with Gasteiger partial charge in [-0.2, -0.15) is 0 Å². The van der Waals surface area contributed by atoms with Gasteiger partial charge in [0.25, 0.3) is 0 Å². The molecular formula is C14H25N5O. The zero-order valence-electron chi connectivity index (χ0n) is 12.5. The molecule has 0 aliphatic carbocycles. The third-order valence-corrected chi connectivity index (χ3v) is 4.16. The number of amides is 1. The Kier molecular flexibility index (Phi) is 5.11. The quantitative estimate of drug-likeness (QED) is 0.892. The van der Waals surface area contributed by atoms with E-state index in [1.165, 1.54) is 6.42 Å². The predicted molar refractivity (Wildman–Crippen MR) is 76.7 cm³/mol. The van der Waals surface area contributed by atoms with Crippen molar-refractivity contribution in [2.24, 2.45) is 17.6 Å². The van der Waals surface area contributed by atoms with E-state index in [0.717, 1.165) is 31.8 Å². The lowest BCUT2D eigenvalue weighted by atomic mass is 9.89. The molecule has 20 heavy (non-hydrogen) atoms. The fourth-order valence-corrected chi connectivity index (χ4v) is 2.79. The van der Waals surface area contributed by atoms with Crippen molar-refractivity contribution in [3.8, 4) is 0 Å². The highest BCUT2D eigenvalue weighted by atomic mass is 16.2. The summed E-state index contributed by atoms with van der Waals surface area (Å²) < 4.78 is 1.58. The van der Waals surface area contributed by atoms with E-state index < -0.39 is 0 Å². The number of carbonyl (C=O) groups is 1. The van der Waals surface area contributed by atoms with Gasteiger partial charge in [0.15, 0.2) is 0 Å². The van der Waals surface area contributed by atoms with Gasteiger partial charge in [-0.3, -0.25) is 4.79 Å². The molecule has 1 atom stereocenters. The molecule has 1 saturated heterocycles. The minimum absolute atomic E-state index is 0.128. The van der Waals surface area contributed by atoms with E-state index in [0.29, 0.717) is 18.2 Å². The van der Waals surface area contributed by atoms with Crippen molar-refractivity contribution < 1.29 is 4.79 Å². The van der Waals surface area contributed by atoms with Crippen LogP contribution in [0, 0.1) is 11.8 Å². The van der Waals surface area contributed by atoms with Gasteiger partial charge in [0.05, 0.1) is 11.9 Å². The maximum Gasteiger partial charge on any atom is 0.244 e. The Morgan fingerprint density at radius 1 is 1.45 bits per heavy atom. The van der Waals surface area contributed by atoms with E-state index in [9.17, 15) is 4.79 Å². The van der Waals surface area contributed by atoms with Crippen molar-refractivity contribution in [3.63, 3.8) is 0 Å². The number of rotatable bonds is 4. The molecule has 2 N–H and O–H groups in total. The normalized spacial score (nSPS) is 20.2. The molecule has 1 amide bonds. The van der Waals surface area contributed by atoms with Gasteiger partial charge in [-0.25, -0.2) is 4.68 Å². The molecule has 0 saturated carbocycles. The molecule has 2 rings (SSSR count). The van der Waals surface area contributed by atoms with Crippen molar-refractivity contribution in [1.29, 1.82) is 0 Å². The summed E-state index contributed by atoms with van der Waals surface area (Å²) >= 11 is 0. The van der Waals surface area contributed by atoms with E-state index in [1.807, 2.05) is 4.90 Å². The molecule has 1 aliphatic rings. The summed E-state index contributed by atoms with van der Waals surface area (Å²) in [4.78, 5) is 14.3. The highest BCUT2D eigenvalue weighted by Crippen LogP contribution is 2.24. The van der Waals surface area contributed by atoms with Gasteiger partial charge in [-0.15, -0.1) is 5.10 Å². The summed E-state index contributed by atoms with van der Waals surface area (Å²) in [6, 6.07) is 0. The van der Waals surface area contributed by atoms with E-state index in [-0.39, 0.29) is 12.5 Å². The molecule has 0 radical (unpaired) electrons. The second kappa shape index (κ2) is 6.83. The van der Waals surface area contributed by atoms with E-state index in [4.69, 9.17) is 5.73 Å². The van der Waals surface area contributed by atoms with Crippen LogP contribution in [0.5, 0.6) is 0 Å². The number of hydrogen-bond donors (Lipinski definition) is 1. The average Bonchev–Trinajstić information content (AvgIpc) is 2.72. The number of carbonyl (C=O) groups excluding carboxylic acids is 1. The molecule has 1 aromatic rings. The van der Waals surface area contributed by atoms with Crippen LogP contribution in [0.2, 0.25) is 0 Å². The lowest BCUT2D eigenvalue weighted by molar-refractivity contribution is -0.132. The molecule has 0 aromatic carbocycles. The van der Waals surface area contributed by atoms with Gasteiger partial charge in [0.2, 0.25) is 5.91 Å². The first-order valence-electron chi connectivity index (χ1n) is 7.47. The average molecular weight is 279 g/mol. The molecule has 112 valence electrons. The standard InChI is InChI=1S/C14H25N5O/c1-11(2)12-4-3-6-18(7-5-12)14(20)10-19-9-13(8-15)16-17-19/h9,11-12H,3-8,10,15H2,1-2H3. The summed E-state index contributed by atoms with van der Waals surface area (Å²) in [6.07, 6.45) is 5.17. The Hall–Kier alpha value is -1.43. The summed E-state index contributed by atoms with van der Waals surface area (Å²) in [7, 11) is 0. The second-order valence-electron chi connectivity index (χ2n) is 5.93. The topological polar surface area (TPSA) is 77.0 Å². The Balaban J connectivity index is 1.89. The molecule has 1 aliphatic heterocycles. The van der Waals surface area contributed by atoms with Crippen LogP contribution in [0.1, 0.15) is 38.8 Å². The minimum Gasteiger partial charge on any atom is -0.341 e. The lowest BCUT2D eigenvalue weighted by Gasteiger charge is -2.21. The Morgan fingerprint density at radius 2 is 2.25 bits per heavy atom. The third-order valence-electron chi connectivity index (χ3n) is 4.16. The number of aromatic nitrogens is 3. The van der Waals surface area contributed by atoms with Crippen LogP contribution < -0.4 is 5.73 Å². The second-order valence-corrected chi connectivity index (χ2v) is 5.93. The van der Waals surface area contributed by atoms with Gasteiger partial charge >= 0.3 is 0 Å². The van der Waals surface area contributed by atoms with Crippen molar-refractivity contribution in [2.45, 2.75) is 46.2 Å². The van der Waals surface area contributed by atoms with Crippen LogP contribution in [0.15, 0.2) is 6.20 Å². The molecule has 6 nitrogen and oxygen atoms in total. The fraction of sp³-hybridized carbons (Fsp3) is 0.786. The highest BCUT2D eigenvalue weighted by molar-refractivity contribution is 5.75. The Bertz CT molecular complexity index is 443. The van der Waals surface area contributed by atoms with Crippen molar-refractivity contribution in [3.05, 3.63) is 11.9 Å². The number of likely N-dealkylation sites (tertiary alicyclic amines) is 1. The van der Waals surface area contributed by atoms with Crippen molar-refractivity contribution in [1.82, 2.24) is 19.9 Å². The van der Waals surface area contributed by atoms with Gasteiger partial charge in [-0.1, -0.05) is 19.1 Å². The third kappa shape index (κ3) is 3.79. The van der Waals surface area contributed by atoms with E-state index in [1.54, 1.807) is 10.9 Å². The van der Waals surface area contributed by atoms with Crippen LogP contribution in [-0.4, -0.2) is 38.9 Å². The molecule has 1 unspecified atom stereocenters. The minimum atomic E-state index is 0.128. The van der Waals surface area contributed by atoms with Gasteiger partial charge in [0.1, 0.15) is 6.54 Å². The van der Waals surface area contributed by atoms with Crippen LogP contribution in [-0.2, 0) is 17.9 Å². The van der Waals surface area contributed by atoms with Crippen LogP contribution in [0.25, 0.3) is 0 Å². The Labute approximate surface area is 120 Å². The SMILES string of the molecule is CC(C)C1CCCN(C(=O)Cn2cc(CN)nn2)CC1. The zero-order valence-corrected chi connectivity index (χ0v) is 12.5. The van der Waals surface area contributed by atoms with Gasteiger partial charge in [0, 0.05) is 19.6 Å². The smallest absolute Gasteiger partial charge is 0.244 e. The highest BCUT2D eigenvalue weighted by Gasteiger charge is 2.22. The first-order valence-corrected chi connectivity index (χ1v) is 7.47. The summed E-state index contributed by atoms with van der Waals surface area (Å²) in [5.41, 5.74) is 6.21. The first kappa shape index (κ1) is 15.0. The monoisotopic (exact) mass is 279 g/mol. The zero-order chi connectivity index (χ0) is 14.5. The number of hydrogen-bond acceptors (Lipinski definition) is 4. The van der Waals surface area contributed by atoms with Crippen molar-refractivity contribution >= 4 is 5.91 Å². The molecule has 1 fully saturated rings. The Morgan fingerprint density at radius 3 is 2.90 bits per heavy atom. The van der Waals surface area contributed by atoms with Crippen LogP contribution in [0.3, 0.4) is 0 Å². The summed E-state index contributed by atoms with van der Waals surface area (Å²) in [5, 5.41) is 7.83. The largest absolute Gasteiger partial charge is 0.341 e. The fourth-order valence-electron chi connectivity index (χ4n) is 2.79. The molecule has 2 heterocycles. The van der Waals surface area contributed by atoms with Gasteiger partial charge in [-0.05, 0) is 31.1 Å². The first-order chi connectivity index (χ1) is 9.60. The molecule has 0 bridgehead atoms. The molecule has 6 heteroatoms. The van der Waals surface area contributed by atoms with E-state index >= 15 is 0 Å². The number of nitrogens with two attached hydrogens (primary N) is 1. The summed E-state index contributed by atoms with van der Waals surface area (Å²) in [5.74, 6) is 1.57. The molecule has 1 aromatic heterocycles. The van der Waals surface area contributed by atoms with Crippen LogP contribution >= 0.6 is 0 Å².